The summed E-state index contributed by atoms with van der Waals surface area (Å²) in [6.45, 7) is 0. The van der Waals surface area contributed by atoms with E-state index < -0.39 is 5.97 Å². The predicted molar refractivity (Wildman–Crippen MR) is 114 cm³/mol. The van der Waals surface area contributed by atoms with E-state index in [0.29, 0.717) is 15.7 Å². The number of nitrogens with one attached hydrogen (secondary N) is 1. The normalized spacial score (nSPS) is 10.1. The summed E-state index contributed by atoms with van der Waals surface area (Å²) >= 11 is 12.0. The summed E-state index contributed by atoms with van der Waals surface area (Å²) in [5, 5.41) is 13.5. The zero-order chi connectivity index (χ0) is 18.5. The quantitative estimate of drug-likeness (QED) is 0.523. The van der Waals surface area contributed by atoms with Gasteiger partial charge in [-0.2, -0.15) is 0 Å². The molecule has 0 saturated carbocycles. The number of hydrogen-bond donors (Lipinski definition) is 2. The van der Waals surface area contributed by atoms with E-state index in [1.54, 1.807) is 24.3 Å². The van der Waals surface area contributed by atoms with Gasteiger partial charge in [0.05, 0.1) is 21.3 Å². The number of carboxylic acid groups (broad SMARTS) is 1. The van der Waals surface area contributed by atoms with Crippen molar-refractivity contribution in [3.8, 4) is 0 Å². The van der Waals surface area contributed by atoms with E-state index in [9.17, 15) is 9.90 Å². The van der Waals surface area contributed by atoms with E-state index in [-0.39, 0.29) is 35.1 Å². The van der Waals surface area contributed by atoms with Crippen molar-refractivity contribution in [1.82, 2.24) is 0 Å². The van der Waals surface area contributed by atoms with E-state index in [1.807, 2.05) is 42.5 Å². The number of carbonyl (C=O) groups is 1. The molecule has 3 rings (SSSR count). The summed E-state index contributed by atoms with van der Waals surface area (Å²) in [5.41, 5.74) is 3.99. The van der Waals surface area contributed by atoms with Crippen molar-refractivity contribution >= 4 is 70.1 Å². The molecule has 3 aromatic carbocycles. The zero-order valence-corrected chi connectivity index (χ0v) is 15.4. The Labute approximate surface area is 190 Å². The Bertz CT molecular complexity index is 930. The number of aromatic carboxylic acids is 1. The van der Waals surface area contributed by atoms with Crippen molar-refractivity contribution < 1.29 is 9.90 Å². The number of rotatable bonds is 6. The minimum absolute atomic E-state index is 0. The van der Waals surface area contributed by atoms with Crippen LogP contribution in [0.2, 0.25) is 10.0 Å². The number of hydrogen-bond acceptors (Lipinski definition) is 2. The summed E-state index contributed by atoms with van der Waals surface area (Å²) < 4.78 is 0. The molecule has 3 aromatic rings. The van der Waals surface area contributed by atoms with Gasteiger partial charge in [-0.25, -0.2) is 4.79 Å². The molecule has 0 fully saturated rings. The average Bonchev–Trinajstić information content (AvgIpc) is 2.64. The van der Waals surface area contributed by atoms with Gasteiger partial charge in [0.2, 0.25) is 0 Å². The van der Waals surface area contributed by atoms with E-state index in [2.05, 4.69) is 5.32 Å². The van der Waals surface area contributed by atoms with Crippen LogP contribution in [0, 0.1) is 0 Å². The maximum absolute atomic E-state index is 11.3. The molecule has 0 aliphatic carbocycles. The molecule has 0 unspecified atom stereocenters. The molecular weight excluding hydrogens is 392 g/mol. The Morgan fingerprint density at radius 3 is 2.15 bits per heavy atom. The molecule has 0 aromatic heterocycles. The third-order valence-corrected chi connectivity index (χ3v) is 4.82. The van der Waals surface area contributed by atoms with Gasteiger partial charge >= 0.3 is 35.5 Å². The molecule has 0 aliphatic rings. The van der Waals surface area contributed by atoms with Crippen LogP contribution in [0.15, 0.2) is 66.7 Å². The van der Waals surface area contributed by atoms with Gasteiger partial charge in [0.25, 0.3) is 0 Å². The van der Waals surface area contributed by atoms with Crippen LogP contribution in [-0.4, -0.2) is 40.6 Å². The topological polar surface area (TPSA) is 49.3 Å². The predicted octanol–water partition coefficient (Wildman–Crippen LogP) is 5.57. The number of anilines is 2. The first-order valence-electron chi connectivity index (χ1n) is 8.15. The number of aryl methyl sites for hydroxylation is 2. The second kappa shape index (κ2) is 10.2. The fraction of sp³-hybridized carbons (Fsp3) is 0.0952. The third kappa shape index (κ3) is 6.00. The Balaban J connectivity index is 0.00000261. The van der Waals surface area contributed by atoms with Crippen LogP contribution >= 0.6 is 23.2 Å². The fourth-order valence-corrected chi connectivity index (χ4v) is 2.99. The van der Waals surface area contributed by atoms with Gasteiger partial charge in [-0.15, -0.1) is 0 Å². The molecule has 2 N–H and O–H groups in total. The summed E-state index contributed by atoms with van der Waals surface area (Å²) in [7, 11) is 0. The van der Waals surface area contributed by atoms with Crippen molar-refractivity contribution in [2.75, 3.05) is 5.32 Å². The molecule has 0 spiro atoms. The number of carboxylic acids is 1. The van der Waals surface area contributed by atoms with Crippen LogP contribution in [0.25, 0.3) is 0 Å². The van der Waals surface area contributed by atoms with Crippen molar-refractivity contribution in [3.05, 3.63) is 93.5 Å². The molecule has 27 heavy (non-hydrogen) atoms. The van der Waals surface area contributed by atoms with E-state index in [4.69, 9.17) is 23.2 Å². The van der Waals surface area contributed by atoms with Gasteiger partial charge < -0.3 is 10.4 Å². The van der Waals surface area contributed by atoms with Gasteiger partial charge in [0, 0.05) is 5.69 Å². The van der Waals surface area contributed by atoms with Gasteiger partial charge in [-0.05, 0) is 60.4 Å². The first kappa shape index (κ1) is 21.8. The summed E-state index contributed by atoms with van der Waals surface area (Å²) in [4.78, 5) is 11.3. The van der Waals surface area contributed by atoms with E-state index in [0.717, 1.165) is 24.1 Å². The maximum atomic E-state index is 11.3. The van der Waals surface area contributed by atoms with Crippen molar-refractivity contribution in [2.24, 2.45) is 0 Å². The molecular formula is C21H18Cl2NNaO2. The number of para-hydroxylation sites is 1. The molecule has 0 aliphatic heterocycles. The zero-order valence-electron chi connectivity index (χ0n) is 13.9. The van der Waals surface area contributed by atoms with Gasteiger partial charge in [-0.1, -0.05) is 53.5 Å². The van der Waals surface area contributed by atoms with Gasteiger partial charge in [0.1, 0.15) is 0 Å². The first-order chi connectivity index (χ1) is 12.5. The van der Waals surface area contributed by atoms with Crippen molar-refractivity contribution in [3.63, 3.8) is 0 Å². The SMILES string of the molecule is O=C(O)c1ccccc1Nc1ccc(CCc2ccc(Cl)c(Cl)c2)cc1.[NaH]. The van der Waals surface area contributed by atoms with E-state index in [1.165, 1.54) is 5.56 Å². The van der Waals surface area contributed by atoms with Crippen LogP contribution in [0.5, 0.6) is 0 Å². The van der Waals surface area contributed by atoms with Crippen molar-refractivity contribution in [2.45, 2.75) is 12.8 Å². The molecule has 6 heteroatoms. The molecule has 0 saturated heterocycles. The number of benzene rings is 3. The Kier molecular flexibility index (Phi) is 8.21. The second-order valence-electron chi connectivity index (χ2n) is 5.92. The van der Waals surface area contributed by atoms with Crippen LogP contribution in [0.4, 0.5) is 11.4 Å². The van der Waals surface area contributed by atoms with Crippen LogP contribution in [0.3, 0.4) is 0 Å². The standard InChI is InChI=1S/C21H17Cl2NO2.Na.H/c22-18-12-9-15(13-19(18)23)6-5-14-7-10-16(11-8-14)24-20-4-2-1-3-17(20)21(25)26;;/h1-4,7-13,24H,5-6H2,(H,25,26);;. The third-order valence-electron chi connectivity index (χ3n) is 4.08. The van der Waals surface area contributed by atoms with Crippen LogP contribution in [-0.2, 0) is 12.8 Å². The molecule has 0 radical (unpaired) electrons. The van der Waals surface area contributed by atoms with Crippen molar-refractivity contribution in [1.29, 1.82) is 0 Å². The summed E-state index contributed by atoms with van der Waals surface area (Å²) in [6, 6.07) is 20.5. The Morgan fingerprint density at radius 1 is 0.852 bits per heavy atom. The Hall–Kier alpha value is -1.49. The van der Waals surface area contributed by atoms with Gasteiger partial charge in [-0.3, -0.25) is 0 Å². The summed E-state index contributed by atoms with van der Waals surface area (Å²) in [6.07, 6.45) is 1.75. The van der Waals surface area contributed by atoms with Gasteiger partial charge in [0.15, 0.2) is 0 Å². The monoisotopic (exact) mass is 409 g/mol. The molecule has 0 atom stereocenters. The molecule has 0 amide bonds. The second-order valence-corrected chi connectivity index (χ2v) is 6.74. The van der Waals surface area contributed by atoms with E-state index >= 15 is 0 Å². The molecule has 134 valence electrons. The van der Waals surface area contributed by atoms with Crippen LogP contribution in [0.1, 0.15) is 21.5 Å². The number of halogens is 2. The molecule has 0 bridgehead atoms. The first-order valence-corrected chi connectivity index (χ1v) is 8.91. The average molecular weight is 410 g/mol. The fourth-order valence-electron chi connectivity index (χ4n) is 2.67. The van der Waals surface area contributed by atoms with Crippen LogP contribution < -0.4 is 5.32 Å². The minimum atomic E-state index is -0.952. The Morgan fingerprint density at radius 2 is 1.48 bits per heavy atom. The molecule has 3 nitrogen and oxygen atoms in total. The molecule has 0 heterocycles. The summed E-state index contributed by atoms with van der Waals surface area (Å²) in [5.74, 6) is -0.952.